The quantitative estimate of drug-likeness (QED) is 0.404. The summed E-state index contributed by atoms with van der Waals surface area (Å²) in [6.07, 6.45) is 2.03. The van der Waals surface area contributed by atoms with Gasteiger partial charge in [0.25, 0.3) is 0 Å². The standard InChI is InChI=1S/C13H14ClO.Li/c1-2-3-4-5-6-13(15)11-7-9-12(14)10-8-11;/h7-10,13H,2-4H2,1H3;/q-1;+1. The van der Waals surface area contributed by atoms with E-state index in [1.807, 2.05) is 0 Å². The van der Waals surface area contributed by atoms with Gasteiger partial charge in [0.15, 0.2) is 0 Å². The molecule has 0 bridgehead atoms. The topological polar surface area (TPSA) is 23.1 Å². The van der Waals surface area contributed by atoms with E-state index in [0.717, 1.165) is 19.3 Å². The second-order valence-corrected chi connectivity index (χ2v) is 3.79. The SMILES string of the molecule is CCCCC#CC([O-])c1ccc(Cl)cc1.[Li+]. The van der Waals surface area contributed by atoms with Crippen LogP contribution in [0.1, 0.15) is 37.9 Å². The summed E-state index contributed by atoms with van der Waals surface area (Å²) in [6, 6.07) is 6.90. The summed E-state index contributed by atoms with van der Waals surface area (Å²) in [5.41, 5.74) is 0.684. The molecule has 1 aromatic carbocycles. The summed E-state index contributed by atoms with van der Waals surface area (Å²) in [6.45, 7) is 2.11. The molecule has 0 aliphatic rings. The molecule has 1 unspecified atom stereocenters. The molecule has 0 spiro atoms. The molecule has 0 radical (unpaired) electrons. The van der Waals surface area contributed by atoms with Gasteiger partial charge in [0.1, 0.15) is 0 Å². The summed E-state index contributed by atoms with van der Waals surface area (Å²) in [5, 5.41) is 12.2. The van der Waals surface area contributed by atoms with Crippen molar-refractivity contribution in [3.8, 4) is 11.8 Å². The smallest absolute Gasteiger partial charge is 0.839 e. The molecule has 0 saturated heterocycles. The van der Waals surface area contributed by atoms with Crippen LogP contribution in [0.3, 0.4) is 0 Å². The Hall–Kier alpha value is -0.373. The van der Waals surface area contributed by atoms with E-state index < -0.39 is 6.10 Å². The van der Waals surface area contributed by atoms with E-state index in [2.05, 4.69) is 18.8 Å². The molecule has 0 amide bonds. The van der Waals surface area contributed by atoms with Gasteiger partial charge in [-0.1, -0.05) is 37.1 Å². The largest absolute Gasteiger partial charge is 1.00 e. The molecule has 1 rings (SSSR count). The molecular formula is C13H14ClLiO. The molecule has 0 aliphatic heterocycles. The van der Waals surface area contributed by atoms with Crippen molar-refractivity contribution in [2.75, 3.05) is 0 Å². The molecule has 1 nitrogen and oxygen atoms in total. The zero-order valence-electron chi connectivity index (χ0n) is 9.79. The number of halogens is 1. The molecular weight excluding hydrogens is 215 g/mol. The van der Waals surface area contributed by atoms with E-state index >= 15 is 0 Å². The molecule has 1 aromatic rings. The number of hydrogen-bond acceptors (Lipinski definition) is 1. The zero-order chi connectivity index (χ0) is 11.1. The summed E-state index contributed by atoms with van der Waals surface area (Å²) in [4.78, 5) is 0. The maximum absolute atomic E-state index is 11.6. The third kappa shape index (κ3) is 5.64. The Bertz CT molecular complexity index is 350. The second kappa shape index (κ2) is 8.74. The maximum atomic E-state index is 11.6. The van der Waals surface area contributed by atoms with Gasteiger partial charge >= 0.3 is 18.9 Å². The minimum Gasteiger partial charge on any atom is -0.839 e. The Kier molecular flexibility index (Phi) is 8.54. The third-order valence-corrected chi connectivity index (χ3v) is 2.31. The molecule has 80 valence electrons. The zero-order valence-corrected chi connectivity index (χ0v) is 10.6. The first-order chi connectivity index (χ1) is 7.24. The molecule has 0 fully saturated rings. The molecule has 0 heterocycles. The maximum Gasteiger partial charge on any atom is 1.00 e. The fourth-order valence-corrected chi connectivity index (χ4v) is 1.28. The van der Waals surface area contributed by atoms with Crippen LogP contribution >= 0.6 is 11.6 Å². The third-order valence-electron chi connectivity index (χ3n) is 2.06. The first-order valence-corrected chi connectivity index (χ1v) is 5.51. The normalized spacial score (nSPS) is 10.9. The van der Waals surface area contributed by atoms with Crippen LogP contribution in [0.4, 0.5) is 0 Å². The first kappa shape index (κ1) is 15.6. The van der Waals surface area contributed by atoms with Crippen molar-refractivity contribution in [2.45, 2.75) is 32.3 Å². The Morgan fingerprint density at radius 3 is 2.50 bits per heavy atom. The van der Waals surface area contributed by atoms with Crippen LogP contribution in [-0.4, -0.2) is 0 Å². The minimum atomic E-state index is -0.945. The van der Waals surface area contributed by atoms with E-state index in [1.54, 1.807) is 24.3 Å². The van der Waals surface area contributed by atoms with Gasteiger partial charge in [0.05, 0.1) is 0 Å². The number of hydrogen-bond donors (Lipinski definition) is 0. The van der Waals surface area contributed by atoms with Gasteiger partial charge < -0.3 is 5.11 Å². The Balaban J connectivity index is 0.00000225. The van der Waals surface area contributed by atoms with Crippen LogP contribution < -0.4 is 24.0 Å². The van der Waals surface area contributed by atoms with Crippen molar-refractivity contribution in [2.24, 2.45) is 0 Å². The Labute approximate surface area is 114 Å². The Morgan fingerprint density at radius 2 is 1.94 bits per heavy atom. The van der Waals surface area contributed by atoms with E-state index in [0.29, 0.717) is 10.6 Å². The van der Waals surface area contributed by atoms with Gasteiger partial charge in [0.2, 0.25) is 0 Å². The number of benzene rings is 1. The summed E-state index contributed by atoms with van der Waals surface area (Å²) in [5.74, 6) is 5.61. The number of rotatable bonds is 3. The van der Waals surface area contributed by atoms with Crippen molar-refractivity contribution < 1.29 is 24.0 Å². The van der Waals surface area contributed by atoms with E-state index in [4.69, 9.17) is 11.6 Å². The Morgan fingerprint density at radius 1 is 1.31 bits per heavy atom. The molecule has 3 heteroatoms. The summed E-state index contributed by atoms with van der Waals surface area (Å²) in [7, 11) is 0. The van der Waals surface area contributed by atoms with Crippen molar-refractivity contribution in [1.82, 2.24) is 0 Å². The minimum absolute atomic E-state index is 0. The van der Waals surface area contributed by atoms with Gasteiger partial charge in [-0.15, -0.1) is 11.8 Å². The average Bonchev–Trinajstić information content (AvgIpc) is 2.25. The van der Waals surface area contributed by atoms with Crippen LogP contribution in [0.25, 0.3) is 0 Å². The predicted octanol–water partition coefficient (Wildman–Crippen LogP) is -0.0610. The van der Waals surface area contributed by atoms with Gasteiger partial charge in [-0.3, -0.25) is 0 Å². The molecule has 1 atom stereocenters. The number of unbranched alkanes of at least 4 members (excludes halogenated alkanes) is 2. The van der Waals surface area contributed by atoms with Crippen molar-refractivity contribution in [1.29, 1.82) is 0 Å². The summed E-state index contributed by atoms with van der Waals surface area (Å²) < 4.78 is 0. The molecule has 0 saturated carbocycles. The first-order valence-electron chi connectivity index (χ1n) is 5.13. The molecule has 0 aromatic heterocycles. The van der Waals surface area contributed by atoms with Crippen LogP contribution in [0.15, 0.2) is 24.3 Å². The van der Waals surface area contributed by atoms with Gasteiger partial charge in [-0.05, 0) is 30.2 Å². The van der Waals surface area contributed by atoms with Crippen LogP contribution in [-0.2, 0) is 0 Å². The molecule has 0 aliphatic carbocycles. The van der Waals surface area contributed by atoms with E-state index in [9.17, 15) is 5.11 Å². The van der Waals surface area contributed by atoms with Crippen LogP contribution in [0, 0.1) is 11.8 Å². The van der Waals surface area contributed by atoms with Gasteiger partial charge in [-0.2, -0.15) is 0 Å². The predicted molar refractivity (Wildman–Crippen MR) is 61.5 cm³/mol. The van der Waals surface area contributed by atoms with E-state index in [1.165, 1.54) is 0 Å². The van der Waals surface area contributed by atoms with Crippen molar-refractivity contribution >= 4 is 11.6 Å². The van der Waals surface area contributed by atoms with Crippen molar-refractivity contribution in [3.63, 3.8) is 0 Å². The van der Waals surface area contributed by atoms with Gasteiger partial charge in [-0.25, -0.2) is 0 Å². The van der Waals surface area contributed by atoms with Crippen LogP contribution in [0.2, 0.25) is 5.02 Å². The average molecular weight is 229 g/mol. The van der Waals surface area contributed by atoms with Crippen molar-refractivity contribution in [3.05, 3.63) is 34.9 Å². The fraction of sp³-hybridized carbons (Fsp3) is 0.385. The summed E-state index contributed by atoms with van der Waals surface area (Å²) >= 11 is 5.72. The van der Waals surface area contributed by atoms with E-state index in [-0.39, 0.29) is 18.9 Å². The monoisotopic (exact) mass is 228 g/mol. The molecule has 0 N–H and O–H groups in total. The second-order valence-electron chi connectivity index (χ2n) is 3.36. The fourth-order valence-electron chi connectivity index (χ4n) is 1.15. The molecule has 16 heavy (non-hydrogen) atoms. The van der Waals surface area contributed by atoms with Crippen LogP contribution in [0.5, 0.6) is 0 Å². The van der Waals surface area contributed by atoms with Gasteiger partial charge in [0, 0.05) is 11.4 Å².